The lowest BCUT2D eigenvalue weighted by Crippen LogP contribution is -2.60. The normalized spacial score (nSPS) is 45.3. The highest BCUT2D eigenvalue weighted by Crippen LogP contribution is 2.66. The van der Waals surface area contributed by atoms with E-state index in [1.807, 2.05) is 0 Å². The highest BCUT2D eigenvalue weighted by atomic mass is 16.4. The Hall–Kier alpha value is -1.52. The lowest BCUT2D eigenvalue weighted by atomic mass is 9.44. The maximum atomic E-state index is 13.6. The molecule has 0 aromatic carbocycles. The highest BCUT2D eigenvalue weighted by molar-refractivity contribution is 5.93. The first kappa shape index (κ1) is 20.7. The van der Waals surface area contributed by atoms with Crippen LogP contribution in [0.2, 0.25) is 0 Å². The number of Topliss-reactive ketones (excluding diaryl/α,β-unsaturated/α-hetero) is 3. The van der Waals surface area contributed by atoms with Crippen LogP contribution in [-0.4, -0.2) is 28.4 Å². The topological polar surface area (TPSA) is 88.5 Å². The minimum absolute atomic E-state index is 0.0659. The van der Waals surface area contributed by atoms with Crippen LogP contribution in [0.25, 0.3) is 0 Å². The molecule has 0 spiro atoms. The fraction of sp³-hybridized carbons (Fsp3) is 0.833. The van der Waals surface area contributed by atoms with E-state index in [4.69, 9.17) is 5.11 Å². The van der Waals surface area contributed by atoms with Crippen molar-refractivity contribution in [2.75, 3.05) is 0 Å². The molecule has 0 bridgehead atoms. The zero-order valence-corrected chi connectivity index (χ0v) is 17.9. The number of aliphatic carboxylic acids is 1. The summed E-state index contributed by atoms with van der Waals surface area (Å²) in [5.74, 6) is 0.524. The average molecular weight is 403 g/mol. The molecule has 0 aliphatic heterocycles. The Kier molecular flexibility index (Phi) is 5.02. The number of carboxylic acid groups (broad SMARTS) is 1. The molecule has 0 aromatic heterocycles. The van der Waals surface area contributed by atoms with Crippen LogP contribution in [0.3, 0.4) is 0 Å². The number of carboxylic acids is 1. The molecule has 0 heterocycles. The van der Waals surface area contributed by atoms with Gasteiger partial charge in [-0.3, -0.25) is 19.2 Å². The summed E-state index contributed by atoms with van der Waals surface area (Å²) in [5.41, 5.74) is -0.598. The number of carbonyl (C=O) groups excluding carboxylic acids is 3. The zero-order valence-electron chi connectivity index (χ0n) is 17.9. The Morgan fingerprint density at radius 3 is 2.52 bits per heavy atom. The van der Waals surface area contributed by atoms with Crippen LogP contribution >= 0.6 is 0 Å². The smallest absolute Gasteiger partial charge is 0.303 e. The van der Waals surface area contributed by atoms with Crippen molar-refractivity contribution in [3.05, 3.63) is 0 Å². The fourth-order valence-corrected chi connectivity index (χ4v) is 7.94. The molecule has 4 saturated carbocycles. The largest absolute Gasteiger partial charge is 0.481 e. The Balaban J connectivity index is 1.63. The third-order valence-corrected chi connectivity index (χ3v) is 9.72. The zero-order chi connectivity index (χ0) is 21.1. The van der Waals surface area contributed by atoms with Crippen LogP contribution in [0, 0.1) is 46.3 Å². The summed E-state index contributed by atoms with van der Waals surface area (Å²) in [6, 6.07) is 0. The van der Waals surface area contributed by atoms with E-state index in [0.29, 0.717) is 32.1 Å². The molecule has 1 unspecified atom stereocenters. The van der Waals surface area contributed by atoms with Gasteiger partial charge in [-0.25, -0.2) is 0 Å². The van der Waals surface area contributed by atoms with E-state index in [2.05, 4.69) is 20.8 Å². The molecular weight excluding hydrogens is 368 g/mol. The Morgan fingerprint density at radius 2 is 1.83 bits per heavy atom. The third kappa shape index (κ3) is 3.02. The Labute approximate surface area is 173 Å². The number of rotatable bonds is 4. The van der Waals surface area contributed by atoms with Crippen LogP contribution in [0.5, 0.6) is 0 Å². The summed E-state index contributed by atoms with van der Waals surface area (Å²) in [4.78, 5) is 50.0. The van der Waals surface area contributed by atoms with Gasteiger partial charge in [0.2, 0.25) is 0 Å². The molecule has 0 radical (unpaired) electrons. The van der Waals surface area contributed by atoms with Crippen LogP contribution in [0.1, 0.15) is 78.6 Å². The predicted octanol–water partition coefficient (Wildman–Crippen LogP) is 4.07. The van der Waals surface area contributed by atoms with Crippen molar-refractivity contribution < 1.29 is 24.3 Å². The molecule has 0 aromatic rings. The van der Waals surface area contributed by atoms with E-state index in [9.17, 15) is 19.2 Å². The Morgan fingerprint density at radius 1 is 1.10 bits per heavy atom. The van der Waals surface area contributed by atoms with Crippen LogP contribution < -0.4 is 0 Å². The van der Waals surface area contributed by atoms with Gasteiger partial charge in [-0.1, -0.05) is 20.8 Å². The molecule has 4 aliphatic rings. The Bertz CT molecular complexity index is 756. The van der Waals surface area contributed by atoms with E-state index in [1.165, 1.54) is 0 Å². The minimum atomic E-state index is -0.792. The second-order valence-electron chi connectivity index (χ2n) is 10.9. The summed E-state index contributed by atoms with van der Waals surface area (Å²) in [6.45, 7) is 6.37. The molecule has 0 amide bonds. The lowest BCUT2D eigenvalue weighted by Gasteiger charge is -2.58. The van der Waals surface area contributed by atoms with Gasteiger partial charge >= 0.3 is 5.97 Å². The third-order valence-electron chi connectivity index (χ3n) is 9.72. The molecule has 5 nitrogen and oxygen atoms in total. The number of ketones is 3. The van der Waals surface area contributed by atoms with E-state index >= 15 is 0 Å². The second-order valence-corrected chi connectivity index (χ2v) is 10.9. The summed E-state index contributed by atoms with van der Waals surface area (Å²) in [5, 5.41) is 9.06. The van der Waals surface area contributed by atoms with Gasteiger partial charge in [-0.2, -0.15) is 0 Å². The monoisotopic (exact) mass is 402 g/mol. The average Bonchev–Trinajstić information content (AvgIpc) is 3.01. The van der Waals surface area contributed by atoms with E-state index < -0.39 is 11.4 Å². The predicted molar refractivity (Wildman–Crippen MR) is 107 cm³/mol. The summed E-state index contributed by atoms with van der Waals surface area (Å²) >= 11 is 0. The van der Waals surface area contributed by atoms with Crippen molar-refractivity contribution in [1.82, 2.24) is 0 Å². The van der Waals surface area contributed by atoms with Crippen molar-refractivity contribution in [3.8, 4) is 0 Å². The van der Waals surface area contributed by atoms with Gasteiger partial charge in [-0.15, -0.1) is 0 Å². The summed E-state index contributed by atoms with van der Waals surface area (Å²) in [7, 11) is 0. The van der Waals surface area contributed by atoms with Crippen LogP contribution in [0.15, 0.2) is 0 Å². The molecule has 0 saturated heterocycles. The number of hydrogen-bond acceptors (Lipinski definition) is 4. The van der Waals surface area contributed by atoms with Gasteiger partial charge in [0.1, 0.15) is 17.3 Å². The molecule has 4 aliphatic carbocycles. The van der Waals surface area contributed by atoms with Crippen molar-refractivity contribution in [1.29, 1.82) is 0 Å². The maximum Gasteiger partial charge on any atom is 0.303 e. The molecule has 1 N–H and O–H groups in total. The van der Waals surface area contributed by atoms with Gasteiger partial charge in [0.15, 0.2) is 0 Å². The molecular formula is C24H34O5. The van der Waals surface area contributed by atoms with Crippen LogP contribution in [0.4, 0.5) is 0 Å². The van der Waals surface area contributed by atoms with E-state index in [-0.39, 0.29) is 64.7 Å². The number of carbonyl (C=O) groups is 4. The first-order chi connectivity index (χ1) is 13.6. The van der Waals surface area contributed by atoms with Gasteiger partial charge in [0.05, 0.1) is 0 Å². The van der Waals surface area contributed by atoms with Gasteiger partial charge in [0, 0.05) is 43.4 Å². The van der Waals surface area contributed by atoms with Crippen LogP contribution in [-0.2, 0) is 19.2 Å². The molecule has 29 heavy (non-hydrogen) atoms. The number of fused-ring (bicyclic) bond motifs is 5. The second kappa shape index (κ2) is 7.02. The summed E-state index contributed by atoms with van der Waals surface area (Å²) < 4.78 is 0. The van der Waals surface area contributed by atoms with Crippen molar-refractivity contribution in [3.63, 3.8) is 0 Å². The standard InChI is InChI=1S/C24H34O5/c1-13(4-7-21(28)29)16-5-6-17-22-18(12-20(27)24(16,17)3)23(2)9-8-15(25)10-14(23)11-19(22)26/h13-14,16-18,22H,4-12H2,1-3H3,(H,28,29)/t13?,14-,16+,17-,18-,22-,23-,24+/m1/s1. The first-order valence-corrected chi connectivity index (χ1v) is 11.4. The van der Waals surface area contributed by atoms with Gasteiger partial charge < -0.3 is 5.11 Å². The molecule has 8 atom stereocenters. The van der Waals surface area contributed by atoms with Crippen molar-refractivity contribution >= 4 is 23.3 Å². The molecule has 4 rings (SSSR count). The molecule has 5 heteroatoms. The molecule has 4 fully saturated rings. The lowest BCUT2D eigenvalue weighted by molar-refractivity contribution is -0.166. The summed E-state index contributed by atoms with van der Waals surface area (Å²) in [6.07, 6.45) is 5.33. The fourth-order valence-electron chi connectivity index (χ4n) is 7.94. The van der Waals surface area contributed by atoms with E-state index in [0.717, 1.165) is 19.3 Å². The van der Waals surface area contributed by atoms with E-state index in [1.54, 1.807) is 0 Å². The van der Waals surface area contributed by atoms with Crippen molar-refractivity contribution in [2.45, 2.75) is 78.6 Å². The quantitative estimate of drug-likeness (QED) is 0.766. The minimum Gasteiger partial charge on any atom is -0.481 e. The van der Waals surface area contributed by atoms with Crippen molar-refractivity contribution in [2.24, 2.45) is 46.3 Å². The number of hydrogen-bond donors (Lipinski definition) is 1. The molecule has 160 valence electrons. The first-order valence-electron chi connectivity index (χ1n) is 11.4. The van der Waals surface area contributed by atoms with Gasteiger partial charge in [-0.05, 0) is 60.7 Å². The highest BCUT2D eigenvalue weighted by Gasteiger charge is 2.66. The maximum absolute atomic E-state index is 13.6. The van der Waals surface area contributed by atoms with Gasteiger partial charge in [0.25, 0.3) is 0 Å². The SMILES string of the molecule is CC(CCC(=O)O)[C@@H]1CC[C@@H]2[C@H]3C(=O)C[C@H]4CC(=O)CC[C@@]4(C)[C@@H]3CC(=O)[C@]21C.